The van der Waals surface area contributed by atoms with Gasteiger partial charge in [-0.1, -0.05) is 15.9 Å². The Labute approximate surface area is 88.2 Å². The van der Waals surface area contributed by atoms with Crippen LogP contribution in [0.3, 0.4) is 0 Å². The van der Waals surface area contributed by atoms with Crippen LogP contribution in [0.1, 0.15) is 10.4 Å². The lowest BCUT2D eigenvalue weighted by Gasteiger charge is -1.99. The fraction of sp³-hybridized carbons (Fsp3) is 0.125. The molecule has 0 aliphatic heterocycles. The zero-order valence-electron chi connectivity index (χ0n) is 7.07. The van der Waals surface area contributed by atoms with Gasteiger partial charge in [0.05, 0.1) is 10.3 Å². The average Bonchev–Trinajstić information content (AvgIpc) is 2.17. The summed E-state index contributed by atoms with van der Waals surface area (Å²) in [5.74, 6) is -0.215. The number of anilines is 1. The number of hydrogen-bond acceptors (Lipinski definition) is 4. The molecule has 0 fully saturated rings. The molecule has 1 aromatic carbocycles. The Balaban J connectivity index is 3.19. The summed E-state index contributed by atoms with van der Waals surface area (Å²) < 4.78 is 0. The van der Waals surface area contributed by atoms with Gasteiger partial charge in [-0.2, -0.15) is 0 Å². The molecule has 2 N–H and O–H groups in total. The number of rotatable bonds is 3. The van der Waals surface area contributed by atoms with Crippen molar-refractivity contribution in [2.75, 3.05) is 11.1 Å². The van der Waals surface area contributed by atoms with E-state index in [1.54, 1.807) is 0 Å². The van der Waals surface area contributed by atoms with Crippen LogP contribution in [-0.2, 0) is 0 Å². The third kappa shape index (κ3) is 2.08. The maximum atomic E-state index is 11.2. The number of carbonyl (C=O) groups is 1. The average molecular weight is 259 g/mol. The molecule has 0 unspecified atom stereocenters. The number of benzene rings is 1. The fourth-order valence-corrected chi connectivity index (χ4v) is 1.28. The lowest BCUT2D eigenvalue weighted by Crippen LogP contribution is -2.03. The van der Waals surface area contributed by atoms with Crippen molar-refractivity contribution in [3.8, 4) is 0 Å². The minimum atomic E-state index is -0.611. The van der Waals surface area contributed by atoms with Gasteiger partial charge in [0, 0.05) is 11.6 Å². The highest BCUT2D eigenvalue weighted by atomic mass is 79.9. The summed E-state index contributed by atoms with van der Waals surface area (Å²) in [5.41, 5.74) is 5.47. The molecule has 0 bridgehead atoms. The first-order valence-corrected chi connectivity index (χ1v) is 4.81. The quantitative estimate of drug-likeness (QED) is 0.294. The maximum absolute atomic E-state index is 11.2. The predicted molar refractivity (Wildman–Crippen MR) is 55.6 cm³/mol. The Hall–Kier alpha value is -1.43. The number of nitrogen functional groups attached to an aromatic ring is 1. The highest BCUT2D eigenvalue weighted by Gasteiger charge is 2.14. The lowest BCUT2D eigenvalue weighted by atomic mass is 10.1. The number of halogens is 1. The van der Waals surface area contributed by atoms with Gasteiger partial charge in [0.25, 0.3) is 5.69 Å². The van der Waals surface area contributed by atoms with Crippen LogP contribution in [0.4, 0.5) is 11.4 Å². The van der Waals surface area contributed by atoms with Crippen LogP contribution in [0, 0.1) is 10.1 Å². The first kappa shape index (κ1) is 10.6. The predicted octanol–water partition coefficient (Wildman–Crippen LogP) is 1.75. The van der Waals surface area contributed by atoms with Crippen LogP contribution in [0.15, 0.2) is 18.2 Å². The van der Waals surface area contributed by atoms with Crippen molar-refractivity contribution in [1.29, 1.82) is 0 Å². The number of nitro groups is 1. The Kier molecular flexibility index (Phi) is 3.19. The highest BCUT2D eigenvalue weighted by Crippen LogP contribution is 2.22. The van der Waals surface area contributed by atoms with E-state index in [1.807, 2.05) is 0 Å². The van der Waals surface area contributed by atoms with Gasteiger partial charge in [-0.05, 0) is 12.1 Å². The van der Waals surface area contributed by atoms with Crippen LogP contribution in [-0.4, -0.2) is 16.0 Å². The van der Waals surface area contributed by atoms with Gasteiger partial charge in [-0.3, -0.25) is 14.9 Å². The van der Waals surface area contributed by atoms with Gasteiger partial charge in [-0.25, -0.2) is 0 Å². The number of Topliss-reactive ketones (excluding diaryl/α,β-unsaturated/α-hetero) is 1. The second-order valence-corrected chi connectivity index (χ2v) is 3.15. The molecule has 6 heteroatoms. The largest absolute Gasteiger partial charge is 0.393 e. The van der Waals surface area contributed by atoms with Crippen molar-refractivity contribution in [2.24, 2.45) is 0 Å². The molecule has 1 aromatic rings. The first-order chi connectivity index (χ1) is 6.56. The SMILES string of the molecule is Nc1ccc(C(=O)CBr)cc1[N+](=O)[O-]. The van der Waals surface area contributed by atoms with Crippen molar-refractivity contribution >= 4 is 33.1 Å². The molecule has 0 aromatic heterocycles. The van der Waals surface area contributed by atoms with Gasteiger partial charge in [-0.15, -0.1) is 0 Å². The molecule has 0 saturated heterocycles. The third-order valence-electron chi connectivity index (χ3n) is 1.67. The smallest absolute Gasteiger partial charge is 0.292 e. The van der Waals surface area contributed by atoms with E-state index < -0.39 is 4.92 Å². The van der Waals surface area contributed by atoms with Crippen molar-refractivity contribution in [3.63, 3.8) is 0 Å². The van der Waals surface area contributed by atoms with E-state index in [4.69, 9.17) is 5.73 Å². The minimum Gasteiger partial charge on any atom is -0.393 e. The van der Waals surface area contributed by atoms with Crippen LogP contribution < -0.4 is 5.73 Å². The van der Waals surface area contributed by atoms with Crippen LogP contribution in [0.2, 0.25) is 0 Å². The monoisotopic (exact) mass is 258 g/mol. The standard InChI is InChI=1S/C8H7BrN2O3/c9-4-8(12)5-1-2-6(10)7(3-5)11(13)14/h1-3H,4,10H2. The molecular formula is C8H7BrN2O3. The summed E-state index contributed by atoms with van der Waals surface area (Å²) in [5, 5.41) is 10.6. The first-order valence-electron chi connectivity index (χ1n) is 3.69. The van der Waals surface area contributed by atoms with Crippen LogP contribution in [0.25, 0.3) is 0 Å². The van der Waals surface area contributed by atoms with E-state index in [-0.39, 0.29) is 28.1 Å². The van der Waals surface area contributed by atoms with Crippen molar-refractivity contribution < 1.29 is 9.72 Å². The number of nitrogens with zero attached hydrogens (tertiary/aromatic N) is 1. The minimum absolute atomic E-state index is 0.0566. The summed E-state index contributed by atoms with van der Waals surface area (Å²) in [4.78, 5) is 21.1. The van der Waals surface area contributed by atoms with E-state index >= 15 is 0 Å². The van der Waals surface area contributed by atoms with Crippen molar-refractivity contribution in [3.05, 3.63) is 33.9 Å². The summed E-state index contributed by atoms with van der Waals surface area (Å²) in [7, 11) is 0. The van der Waals surface area contributed by atoms with E-state index in [1.165, 1.54) is 18.2 Å². The summed E-state index contributed by atoms with van der Waals surface area (Å²) in [6, 6.07) is 4.00. The van der Waals surface area contributed by atoms with E-state index in [2.05, 4.69) is 15.9 Å². The molecule has 0 atom stereocenters. The molecule has 0 aliphatic carbocycles. The molecule has 14 heavy (non-hydrogen) atoms. The molecule has 0 heterocycles. The van der Waals surface area contributed by atoms with E-state index in [0.29, 0.717) is 0 Å². The molecular weight excluding hydrogens is 252 g/mol. The Bertz CT molecular complexity index is 392. The van der Waals surface area contributed by atoms with Gasteiger partial charge in [0.2, 0.25) is 0 Å². The highest BCUT2D eigenvalue weighted by molar-refractivity contribution is 9.09. The number of alkyl halides is 1. The van der Waals surface area contributed by atoms with E-state index in [0.717, 1.165) is 0 Å². The summed E-state index contributed by atoms with van der Waals surface area (Å²) >= 11 is 2.98. The van der Waals surface area contributed by atoms with Gasteiger partial charge in [0.15, 0.2) is 5.78 Å². The second kappa shape index (κ2) is 4.19. The Morgan fingerprint density at radius 1 is 1.57 bits per heavy atom. The molecule has 1 rings (SSSR count). The molecule has 5 nitrogen and oxygen atoms in total. The number of hydrogen-bond donors (Lipinski definition) is 1. The third-order valence-corrected chi connectivity index (χ3v) is 2.18. The topological polar surface area (TPSA) is 86.2 Å². The number of carbonyl (C=O) groups excluding carboxylic acids is 1. The molecule has 0 radical (unpaired) electrons. The molecule has 0 saturated carbocycles. The number of nitro benzene ring substituents is 1. The van der Waals surface area contributed by atoms with Gasteiger partial charge in [0.1, 0.15) is 5.69 Å². The molecule has 0 amide bonds. The normalized spacial score (nSPS) is 9.79. The van der Waals surface area contributed by atoms with E-state index in [9.17, 15) is 14.9 Å². The van der Waals surface area contributed by atoms with Crippen LogP contribution in [0.5, 0.6) is 0 Å². The molecule has 74 valence electrons. The van der Waals surface area contributed by atoms with Gasteiger partial charge < -0.3 is 5.73 Å². The van der Waals surface area contributed by atoms with Crippen LogP contribution >= 0.6 is 15.9 Å². The Morgan fingerprint density at radius 3 is 2.71 bits per heavy atom. The van der Waals surface area contributed by atoms with Crippen molar-refractivity contribution in [1.82, 2.24) is 0 Å². The zero-order valence-corrected chi connectivity index (χ0v) is 8.65. The summed E-state index contributed by atoms with van der Waals surface area (Å²) in [6.07, 6.45) is 0. The summed E-state index contributed by atoms with van der Waals surface area (Å²) in [6.45, 7) is 0. The zero-order chi connectivity index (χ0) is 10.7. The molecule has 0 aliphatic rings. The number of ketones is 1. The Morgan fingerprint density at radius 2 is 2.21 bits per heavy atom. The van der Waals surface area contributed by atoms with Crippen molar-refractivity contribution in [2.45, 2.75) is 0 Å². The second-order valence-electron chi connectivity index (χ2n) is 2.59. The maximum Gasteiger partial charge on any atom is 0.292 e. The fourth-order valence-electron chi connectivity index (χ4n) is 0.952. The van der Waals surface area contributed by atoms with Gasteiger partial charge >= 0.3 is 0 Å². The number of nitrogens with two attached hydrogens (primary N) is 1. The lowest BCUT2D eigenvalue weighted by molar-refractivity contribution is -0.383. The molecule has 0 spiro atoms.